The number of rotatable bonds is 8. The number of imidazole rings is 2. The van der Waals surface area contributed by atoms with Crippen LogP contribution in [-0.4, -0.2) is 40.1 Å². The molecule has 7 nitrogen and oxygen atoms in total. The van der Waals surface area contributed by atoms with Crippen LogP contribution >= 0.6 is 0 Å². The average Bonchev–Trinajstić information content (AvgIpc) is 3.54. The SMILES string of the molecule is C#C.CCCNCc1ncc(-c2ccc(-c3ccc4c(c3)OCCc3[nH]c([C@H](C)NC)nc3-4)cc2)[nH]1. The maximum absolute atomic E-state index is 6.12. The van der Waals surface area contributed by atoms with E-state index in [1.54, 1.807) is 0 Å². The molecule has 0 amide bonds. The molecular weight excluding hydrogens is 448 g/mol. The summed E-state index contributed by atoms with van der Waals surface area (Å²) in [7, 11) is 1.95. The zero-order chi connectivity index (χ0) is 25.5. The number of H-pyrrole nitrogens is 2. The first-order valence-corrected chi connectivity index (χ1v) is 12.4. The maximum Gasteiger partial charge on any atom is 0.129 e. The summed E-state index contributed by atoms with van der Waals surface area (Å²) in [5.41, 5.74) is 7.60. The highest BCUT2D eigenvalue weighted by Crippen LogP contribution is 2.38. The molecule has 0 bridgehead atoms. The summed E-state index contributed by atoms with van der Waals surface area (Å²) in [6.45, 7) is 6.65. The molecule has 0 saturated carbocycles. The Morgan fingerprint density at radius 1 is 1.06 bits per heavy atom. The molecule has 0 aliphatic carbocycles. The molecule has 1 aliphatic heterocycles. The number of nitrogens with one attached hydrogen (secondary N) is 4. The Labute approximate surface area is 213 Å². The highest BCUT2D eigenvalue weighted by atomic mass is 16.5. The van der Waals surface area contributed by atoms with Gasteiger partial charge in [0.2, 0.25) is 0 Å². The molecule has 7 heteroatoms. The van der Waals surface area contributed by atoms with E-state index in [0.717, 1.165) is 82.7 Å². The van der Waals surface area contributed by atoms with Gasteiger partial charge in [-0.25, -0.2) is 9.97 Å². The van der Waals surface area contributed by atoms with E-state index in [1.165, 1.54) is 0 Å². The Morgan fingerprint density at radius 3 is 2.56 bits per heavy atom. The van der Waals surface area contributed by atoms with E-state index in [4.69, 9.17) is 9.72 Å². The maximum atomic E-state index is 6.12. The minimum Gasteiger partial charge on any atom is -0.492 e. The number of fused-ring (bicyclic) bond motifs is 3. The summed E-state index contributed by atoms with van der Waals surface area (Å²) in [6, 6.07) is 15.1. The molecule has 0 saturated heterocycles. The van der Waals surface area contributed by atoms with E-state index in [0.29, 0.717) is 6.61 Å². The third kappa shape index (κ3) is 5.35. The van der Waals surface area contributed by atoms with Crippen molar-refractivity contribution in [3.8, 4) is 52.2 Å². The van der Waals surface area contributed by atoms with Crippen molar-refractivity contribution in [1.82, 2.24) is 30.6 Å². The monoisotopic (exact) mass is 482 g/mol. The van der Waals surface area contributed by atoms with Crippen LogP contribution < -0.4 is 15.4 Å². The Hall–Kier alpha value is -3.86. The topological polar surface area (TPSA) is 90.7 Å². The summed E-state index contributed by atoms with van der Waals surface area (Å²) in [6.07, 6.45) is 11.8. The zero-order valence-corrected chi connectivity index (χ0v) is 21.2. The van der Waals surface area contributed by atoms with Crippen LogP contribution in [0.1, 0.15) is 43.7 Å². The van der Waals surface area contributed by atoms with Gasteiger partial charge in [-0.05, 0) is 55.8 Å². The first-order valence-electron chi connectivity index (χ1n) is 12.4. The zero-order valence-electron chi connectivity index (χ0n) is 21.2. The largest absolute Gasteiger partial charge is 0.492 e. The molecule has 1 aliphatic rings. The molecule has 1 atom stereocenters. The quantitative estimate of drug-likeness (QED) is 0.207. The fourth-order valence-electron chi connectivity index (χ4n) is 4.28. The normalized spacial score (nSPS) is 12.9. The van der Waals surface area contributed by atoms with Crippen molar-refractivity contribution in [3.05, 3.63) is 66.0 Å². The second kappa shape index (κ2) is 11.7. The standard InChI is InChI=1S/C27H32N6O.C2H2/c1-4-12-29-16-25-30-15-23(31-25)19-7-5-18(6-8-19)20-9-10-21-24(14-20)34-13-11-22-26(21)33-27(32-22)17(2)28-3;1-2/h5-10,14-15,17,28-29H,4,11-13,16H2,1-3H3,(H,30,31)(H,32,33);1-2H/t17-;/m0./s1. The van der Waals surface area contributed by atoms with Gasteiger partial charge in [-0.15, -0.1) is 12.8 Å². The number of hydrogen-bond acceptors (Lipinski definition) is 5. The molecule has 186 valence electrons. The number of benzene rings is 2. The molecule has 0 fully saturated rings. The predicted octanol–water partition coefficient (Wildman–Crippen LogP) is 5.10. The molecule has 2 aromatic carbocycles. The van der Waals surface area contributed by atoms with E-state index in [-0.39, 0.29) is 6.04 Å². The van der Waals surface area contributed by atoms with Gasteiger partial charge in [0, 0.05) is 17.7 Å². The lowest BCUT2D eigenvalue weighted by Crippen LogP contribution is -2.14. The summed E-state index contributed by atoms with van der Waals surface area (Å²) < 4.78 is 6.12. The van der Waals surface area contributed by atoms with Gasteiger partial charge in [0.05, 0.1) is 36.8 Å². The average molecular weight is 483 g/mol. The van der Waals surface area contributed by atoms with E-state index in [2.05, 4.69) is 94.7 Å². The van der Waals surface area contributed by atoms with Gasteiger partial charge in [0.1, 0.15) is 17.4 Å². The number of hydrogen-bond donors (Lipinski definition) is 4. The number of aromatic amines is 2. The smallest absolute Gasteiger partial charge is 0.129 e. The number of ether oxygens (including phenoxy) is 1. The van der Waals surface area contributed by atoms with Gasteiger partial charge < -0.3 is 25.3 Å². The van der Waals surface area contributed by atoms with Crippen LogP contribution in [0.15, 0.2) is 48.7 Å². The molecule has 4 N–H and O–H groups in total. The number of nitrogens with zero attached hydrogens (tertiary/aromatic N) is 2. The third-order valence-corrected chi connectivity index (χ3v) is 6.36. The lowest BCUT2D eigenvalue weighted by atomic mass is 10.00. The summed E-state index contributed by atoms with van der Waals surface area (Å²) in [5, 5.41) is 6.63. The van der Waals surface area contributed by atoms with E-state index < -0.39 is 0 Å². The van der Waals surface area contributed by atoms with E-state index >= 15 is 0 Å². The molecular formula is C29H34N6O. The van der Waals surface area contributed by atoms with Crippen molar-refractivity contribution in [2.45, 2.75) is 39.3 Å². The molecule has 0 spiro atoms. The van der Waals surface area contributed by atoms with Crippen LogP contribution in [0.3, 0.4) is 0 Å². The van der Waals surface area contributed by atoms with Gasteiger partial charge in [-0.2, -0.15) is 0 Å². The molecule has 4 aromatic rings. The molecule has 36 heavy (non-hydrogen) atoms. The molecule has 3 heterocycles. The summed E-state index contributed by atoms with van der Waals surface area (Å²) in [5.74, 6) is 2.80. The molecule has 0 radical (unpaired) electrons. The van der Waals surface area contributed by atoms with Crippen molar-refractivity contribution < 1.29 is 4.74 Å². The van der Waals surface area contributed by atoms with Crippen LogP contribution in [0.5, 0.6) is 5.75 Å². The fraction of sp³-hybridized carbons (Fsp3) is 0.310. The lowest BCUT2D eigenvalue weighted by Gasteiger charge is -2.11. The second-order valence-corrected chi connectivity index (χ2v) is 8.77. The Balaban J connectivity index is 0.00000148. The summed E-state index contributed by atoms with van der Waals surface area (Å²) in [4.78, 5) is 16.3. The van der Waals surface area contributed by atoms with Crippen LogP contribution in [-0.2, 0) is 13.0 Å². The second-order valence-electron chi connectivity index (χ2n) is 8.77. The van der Waals surface area contributed by atoms with Crippen LogP contribution in [0.2, 0.25) is 0 Å². The van der Waals surface area contributed by atoms with Gasteiger partial charge in [0.15, 0.2) is 0 Å². The van der Waals surface area contributed by atoms with Crippen LogP contribution in [0.25, 0.3) is 33.6 Å². The van der Waals surface area contributed by atoms with Crippen molar-refractivity contribution in [3.63, 3.8) is 0 Å². The van der Waals surface area contributed by atoms with E-state index in [1.807, 2.05) is 13.2 Å². The number of terminal acetylenes is 1. The van der Waals surface area contributed by atoms with Gasteiger partial charge >= 0.3 is 0 Å². The molecule has 2 aromatic heterocycles. The first-order chi connectivity index (χ1) is 17.7. The van der Waals surface area contributed by atoms with Gasteiger partial charge in [-0.3, -0.25) is 0 Å². The van der Waals surface area contributed by atoms with Crippen molar-refractivity contribution in [2.75, 3.05) is 20.2 Å². The molecule has 5 rings (SSSR count). The molecule has 0 unspecified atom stereocenters. The van der Waals surface area contributed by atoms with Crippen molar-refractivity contribution in [2.24, 2.45) is 0 Å². The Morgan fingerprint density at radius 2 is 1.81 bits per heavy atom. The van der Waals surface area contributed by atoms with Crippen molar-refractivity contribution >= 4 is 0 Å². The predicted molar refractivity (Wildman–Crippen MR) is 146 cm³/mol. The highest BCUT2D eigenvalue weighted by Gasteiger charge is 2.22. The third-order valence-electron chi connectivity index (χ3n) is 6.36. The lowest BCUT2D eigenvalue weighted by molar-refractivity contribution is 0.325. The minimum atomic E-state index is 0.174. The number of aromatic nitrogens is 4. The van der Waals surface area contributed by atoms with Crippen LogP contribution in [0, 0.1) is 12.8 Å². The first kappa shape index (κ1) is 25.2. The van der Waals surface area contributed by atoms with Gasteiger partial charge in [0.25, 0.3) is 0 Å². The Kier molecular flexibility index (Phi) is 8.21. The summed E-state index contributed by atoms with van der Waals surface area (Å²) >= 11 is 0. The fourth-order valence-corrected chi connectivity index (χ4v) is 4.28. The Bertz CT molecular complexity index is 1300. The van der Waals surface area contributed by atoms with Crippen LogP contribution in [0.4, 0.5) is 0 Å². The minimum absolute atomic E-state index is 0.174. The van der Waals surface area contributed by atoms with Crippen molar-refractivity contribution in [1.29, 1.82) is 0 Å². The van der Waals surface area contributed by atoms with Gasteiger partial charge in [-0.1, -0.05) is 37.3 Å². The highest BCUT2D eigenvalue weighted by molar-refractivity contribution is 5.77. The van der Waals surface area contributed by atoms with E-state index in [9.17, 15) is 0 Å².